The standard InChI is InChI=1S/C3H7.3C2H.Sn/c1-3-2;3*1-2;/h3H,1-2H3;3*1H;. The Morgan fingerprint density at radius 3 is 1.30 bits per heavy atom. The van der Waals surface area contributed by atoms with Crippen LogP contribution < -0.4 is 0 Å². The number of hydrogen-bond donors (Lipinski definition) is 0. The Balaban J connectivity index is 4.81. The van der Waals surface area contributed by atoms with Crippen LogP contribution in [0.2, 0.25) is 3.93 Å². The van der Waals surface area contributed by atoms with Gasteiger partial charge in [0.05, 0.1) is 0 Å². The summed E-state index contributed by atoms with van der Waals surface area (Å²) in [4.78, 5) is 0. The van der Waals surface area contributed by atoms with Crippen molar-refractivity contribution in [2.75, 3.05) is 0 Å². The van der Waals surface area contributed by atoms with Gasteiger partial charge in [-0.25, -0.2) is 0 Å². The van der Waals surface area contributed by atoms with Crippen LogP contribution in [0.5, 0.6) is 0 Å². The van der Waals surface area contributed by atoms with E-state index in [1.54, 1.807) is 0 Å². The zero-order valence-corrected chi connectivity index (χ0v) is 9.16. The molecule has 0 heterocycles. The number of terminal acetylenes is 3. The van der Waals surface area contributed by atoms with Crippen LogP contribution >= 0.6 is 0 Å². The fourth-order valence-corrected chi connectivity index (χ4v) is 4.19. The van der Waals surface area contributed by atoms with E-state index in [-0.39, 0.29) is 0 Å². The molecule has 0 aliphatic carbocycles. The van der Waals surface area contributed by atoms with Gasteiger partial charge >= 0.3 is 67.2 Å². The first-order valence-corrected chi connectivity index (χ1v) is 8.99. The van der Waals surface area contributed by atoms with Crippen molar-refractivity contribution < 1.29 is 0 Å². The molecule has 10 heavy (non-hydrogen) atoms. The van der Waals surface area contributed by atoms with Gasteiger partial charge in [-0.3, -0.25) is 0 Å². The Morgan fingerprint density at radius 1 is 1.00 bits per heavy atom. The van der Waals surface area contributed by atoms with Crippen molar-refractivity contribution in [3.8, 4) is 31.1 Å². The fourth-order valence-electron chi connectivity index (χ4n) is 0.625. The quantitative estimate of drug-likeness (QED) is 0.477. The van der Waals surface area contributed by atoms with Gasteiger partial charge in [0.1, 0.15) is 0 Å². The van der Waals surface area contributed by atoms with Crippen LogP contribution in [0.1, 0.15) is 13.8 Å². The van der Waals surface area contributed by atoms with Crippen molar-refractivity contribution in [2.45, 2.75) is 17.8 Å². The van der Waals surface area contributed by atoms with E-state index in [1.165, 1.54) is 0 Å². The fraction of sp³-hybridized carbons (Fsp3) is 0.333. The topological polar surface area (TPSA) is 0 Å². The van der Waals surface area contributed by atoms with Crippen LogP contribution in [0, 0.1) is 31.1 Å². The number of hydrogen-bond acceptors (Lipinski definition) is 0. The Kier molecular flexibility index (Phi) is 3.41. The Labute approximate surface area is 67.3 Å². The summed E-state index contributed by atoms with van der Waals surface area (Å²) in [5, 5.41) is 0. The molecule has 0 aromatic rings. The second-order valence-corrected chi connectivity index (χ2v) is 12.8. The maximum atomic E-state index is 5.29. The van der Waals surface area contributed by atoms with Crippen LogP contribution in [0.15, 0.2) is 0 Å². The summed E-state index contributed by atoms with van der Waals surface area (Å²) in [5.74, 6) is 0. The summed E-state index contributed by atoms with van der Waals surface area (Å²) in [5.41, 5.74) is 0. The molecule has 0 aliphatic rings. The first-order valence-electron chi connectivity index (χ1n) is 3.06. The summed E-state index contributed by atoms with van der Waals surface area (Å²) in [6.07, 6.45) is 15.9. The molecule has 0 saturated carbocycles. The van der Waals surface area contributed by atoms with Gasteiger partial charge in [0.2, 0.25) is 0 Å². The first kappa shape index (κ1) is 9.48. The monoisotopic (exact) mass is 238 g/mol. The van der Waals surface area contributed by atoms with Gasteiger partial charge in [-0.15, -0.1) is 0 Å². The van der Waals surface area contributed by atoms with E-state index < -0.39 is 18.4 Å². The van der Waals surface area contributed by atoms with Crippen molar-refractivity contribution >= 4 is 18.4 Å². The van der Waals surface area contributed by atoms with Gasteiger partial charge in [0, 0.05) is 0 Å². The van der Waals surface area contributed by atoms with Crippen LogP contribution in [-0.4, -0.2) is 18.4 Å². The number of rotatable bonds is 1. The maximum absolute atomic E-state index is 5.29. The van der Waals surface area contributed by atoms with E-state index in [1.807, 2.05) is 13.8 Å². The predicted molar refractivity (Wildman–Crippen MR) is 47.4 cm³/mol. The average molecular weight is 237 g/mol. The van der Waals surface area contributed by atoms with E-state index >= 15 is 0 Å². The van der Waals surface area contributed by atoms with Crippen molar-refractivity contribution in [3.63, 3.8) is 0 Å². The van der Waals surface area contributed by atoms with Crippen LogP contribution in [-0.2, 0) is 0 Å². The van der Waals surface area contributed by atoms with E-state index in [4.69, 9.17) is 19.3 Å². The molecule has 0 radical (unpaired) electrons. The molecule has 1 heteroatoms. The second-order valence-electron chi connectivity index (χ2n) is 2.40. The van der Waals surface area contributed by atoms with Gasteiger partial charge in [0.25, 0.3) is 0 Å². The molecule has 0 rings (SSSR count). The van der Waals surface area contributed by atoms with Gasteiger partial charge in [-0.1, -0.05) is 0 Å². The Bertz CT molecular complexity index is 193. The van der Waals surface area contributed by atoms with Crippen molar-refractivity contribution in [1.82, 2.24) is 0 Å². The minimum atomic E-state index is -2.94. The third-order valence-corrected chi connectivity index (χ3v) is 10.4. The van der Waals surface area contributed by atoms with Crippen LogP contribution in [0.3, 0.4) is 0 Å². The Hall–Kier alpha value is -0.521. The van der Waals surface area contributed by atoms with Crippen molar-refractivity contribution in [3.05, 3.63) is 0 Å². The molecule has 0 aromatic heterocycles. The van der Waals surface area contributed by atoms with Crippen LogP contribution in [0.4, 0.5) is 0 Å². The zero-order valence-electron chi connectivity index (χ0n) is 6.31. The molecule has 0 unspecified atom stereocenters. The summed E-state index contributed by atoms with van der Waals surface area (Å²) >= 11 is -2.94. The molecular weight excluding hydrogens is 227 g/mol. The normalized spacial score (nSPS) is 9.60. The summed E-state index contributed by atoms with van der Waals surface area (Å²) in [7, 11) is 0. The summed E-state index contributed by atoms with van der Waals surface area (Å²) in [6, 6.07) is 0. The average Bonchev–Trinajstić information content (AvgIpc) is 1.92. The van der Waals surface area contributed by atoms with Crippen molar-refractivity contribution in [1.29, 1.82) is 0 Å². The van der Waals surface area contributed by atoms with Gasteiger partial charge in [-0.05, 0) is 0 Å². The minimum absolute atomic E-state index is 0.342. The van der Waals surface area contributed by atoms with Crippen molar-refractivity contribution in [2.24, 2.45) is 0 Å². The molecule has 0 N–H and O–H groups in total. The summed E-state index contributed by atoms with van der Waals surface area (Å²) < 4.78 is 8.30. The molecule has 0 saturated heterocycles. The second kappa shape index (κ2) is 3.60. The molecular formula is C9H10Sn. The predicted octanol–water partition coefficient (Wildman–Crippen LogP) is 1.36. The molecule has 0 aliphatic heterocycles. The molecule has 0 nitrogen and oxygen atoms in total. The molecule has 0 bridgehead atoms. The van der Waals surface area contributed by atoms with E-state index in [0.717, 1.165) is 0 Å². The third-order valence-electron chi connectivity index (χ3n) is 1.55. The molecule has 0 amide bonds. The van der Waals surface area contributed by atoms with Crippen LogP contribution in [0.25, 0.3) is 0 Å². The molecule has 0 fully saturated rings. The molecule has 0 spiro atoms. The molecule has 0 atom stereocenters. The first-order chi connectivity index (χ1) is 4.63. The third kappa shape index (κ3) is 1.50. The summed E-state index contributed by atoms with van der Waals surface area (Å²) in [6.45, 7) is 4.02. The van der Waals surface area contributed by atoms with E-state index in [0.29, 0.717) is 3.93 Å². The van der Waals surface area contributed by atoms with Gasteiger partial charge in [0.15, 0.2) is 0 Å². The van der Waals surface area contributed by atoms with E-state index in [2.05, 4.69) is 11.8 Å². The molecule has 0 aromatic carbocycles. The van der Waals surface area contributed by atoms with Gasteiger partial charge in [-0.2, -0.15) is 0 Å². The van der Waals surface area contributed by atoms with Gasteiger partial charge < -0.3 is 0 Å². The SMILES string of the molecule is C#[C][Sn]([C]#C)([C]#C)[CH](C)C. The Morgan fingerprint density at radius 2 is 1.30 bits per heavy atom. The van der Waals surface area contributed by atoms with E-state index in [9.17, 15) is 0 Å². The zero-order chi connectivity index (χ0) is 8.20. The molecule has 50 valence electrons.